The van der Waals surface area contributed by atoms with Crippen LogP contribution in [0.2, 0.25) is 5.02 Å². The van der Waals surface area contributed by atoms with E-state index >= 15 is 0 Å². The van der Waals surface area contributed by atoms with Gasteiger partial charge >= 0.3 is 0 Å². The highest BCUT2D eigenvalue weighted by Gasteiger charge is 2.28. The molecule has 2 aromatic rings. The van der Waals surface area contributed by atoms with Gasteiger partial charge < -0.3 is 4.57 Å². The molecule has 1 aromatic heterocycles. The zero-order valence-electron chi connectivity index (χ0n) is 12.1. The molecule has 1 fully saturated rings. The maximum Gasteiger partial charge on any atom is 0.144 e. The van der Waals surface area contributed by atoms with Crippen LogP contribution in [0.5, 0.6) is 0 Å². The average molecular weight is 329 g/mol. The fourth-order valence-electron chi connectivity index (χ4n) is 3.61. The lowest BCUT2D eigenvalue weighted by Gasteiger charge is -2.33. The molecule has 2 nitrogen and oxygen atoms in total. The van der Waals surface area contributed by atoms with Crippen LogP contribution in [0.4, 0.5) is 4.39 Å². The zero-order chi connectivity index (χ0) is 15.0. The third-order valence-corrected chi connectivity index (χ3v) is 5.18. The van der Waals surface area contributed by atoms with E-state index in [9.17, 15) is 4.39 Å². The molecule has 21 heavy (non-hydrogen) atoms. The summed E-state index contributed by atoms with van der Waals surface area (Å²) in [6, 6.07) is 3.47. The van der Waals surface area contributed by atoms with Crippen LogP contribution >= 0.6 is 23.2 Å². The van der Waals surface area contributed by atoms with Gasteiger partial charge in [-0.15, -0.1) is 11.6 Å². The van der Waals surface area contributed by atoms with Gasteiger partial charge in [0.15, 0.2) is 0 Å². The second kappa shape index (κ2) is 6.13. The molecule has 114 valence electrons. The molecule has 0 N–H and O–H groups in total. The largest absolute Gasteiger partial charge is 0.323 e. The minimum atomic E-state index is -0.393. The van der Waals surface area contributed by atoms with Gasteiger partial charge in [-0.25, -0.2) is 9.37 Å². The van der Waals surface area contributed by atoms with E-state index in [4.69, 9.17) is 23.2 Å². The first kappa shape index (κ1) is 15.1. The van der Waals surface area contributed by atoms with Crippen molar-refractivity contribution in [1.82, 2.24) is 9.55 Å². The number of rotatable bonds is 3. The lowest BCUT2D eigenvalue weighted by molar-refractivity contribution is 0.234. The van der Waals surface area contributed by atoms with Crippen molar-refractivity contribution < 1.29 is 4.39 Å². The van der Waals surface area contributed by atoms with Crippen molar-refractivity contribution in [1.29, 1.82) is 0 Å². The van der Waals surface area contributed by atoms with E-state index < -0.39 is 5.82 Å². The lowest BCUT2D eigenvalue weighted by atomic mass is 9.82. The summed E-state index contributed by atoms with van der Waals surface area (Å²) in [5.41, 5.74) is 1.55. The van der Waals surface area contributed by atoms with Gasteiger partial charge in [0.25, 0.3) is 0 Å². The second-order valence-electron chi connectivity index (χ2n) is 5.81. The first-order valence-corrected chi connectivity index (χ1v) is 8.48. The maximum atomic E-state index is 13.9. The first-order valence-electron chi connectivity index (χ1n) is 7.57. The van der Waals surface area contributed by atoms with Gasteiger partial charge in [0.2, 0.25) is 0 Å². The van der Waals surface area contributed by atoms with Gasteiger partial charge in [0.05, 0.1) is 21.9 Å². The van der Waals surface area contributed by atoms with Gasteiger partial charge in [-0.2, -0.15) is 0 Å². The molecule has 2 unspecified atom stereocenters. The Morgan fingerprint density at radius 3 is 2.81 bits per heavy atom. The van der Waals surface area contributed by atoms with Gasteiger partial charge in [0.1, 0.15) is 11.6 Å². The van der Waals surface area contributed by atoms with Crippen molar-refractivity contribution in [3.8, 4) is 0 Å². The van der Waals surface area contributed by atoms with Crippen molar-refractivity contribution in [3.63, 3.8) is 0 Å². The van der Waals surface area contributed by atoms with Crippen LogP contribution in [0.15, 0.2) is 12.1 Å². The molecule has 1 heterocycles. The molecule has 0 spiro atoms. The summed E-state index contributed by atoms with van der Waals surface area (Å²) in [5.74, 6) is 1.37. The number of halogens is 3. The molecular formula is C16H19Cl2FN2. The summed E-state index contributed by atoms with van der Waals surface area (Å²) >= 11 is 12.0. The molecule has 2 atom stereocenters. The summed E-state index contributed by atoms with van der Waals surface area (Å²) in [4.78, 5) is 4.56. The summed E-state index contributed by atoms with van der Waals surface area (Å²) in [6.45, 7) is 2.22. The van der Waals surface area contributed by atoms with Crippen molar-refractivity contribution in [2.75, 3.05) is 0 Å². The van der Waals surface area contributed by atoms with Gasteiger partial charge in [-0.3, -0.25) is 0 Å². The normalized spacial score (nSPS) is 22.9. The molecule has 0 bridgehead atoms. The van der Waals surface area contributed by atoms with Crippen LogP contribution in [0, 0.1) is 11.7 Å². The van der Waals surface area contributed by atoms with E-state index in [-0.39, 0.29) is 5.02 Å². The molecule has 0 amide bonds. The Balaban J connectivity index is 2.17. The van der Waals surface area contributed by atoms with Crippen LogP contribution < -0.4 is 0 Å². The Labute approximate surface area is 134 Å². The average Bonchev–Trinajstić information content (AvgIpc) is 2.85. The molecule has 1 aromatic carbocycles. The summed E-state index contributed by atoms with van der Waals surface area (Å²) in [6.07, 6.45) is 5.94. The number of benzene rings is 1. The number of aromatic nitrogens is 2. The predicted molar refractivity (Wildman–Crippen MR) is 85.5 cm³/mol. The summed E-state index contributed by atoms with van der Waals surface area (Å²) < 4.78 is 16.0. The van der Waals surface area contributed by atoms with E-state index in [2.05, 4.69) is 16.5 Å². The minimum Gasteiger partial charge on any atom is -0.323 e. The van der Waals surface area contributed by atoms with Crippen LogP contribution in [-0.2, 0) is 5.88 Å². The molecular weight excluding hydrogens is 310 g/mol. The molecule has 1 aliphatic rings. The minimum absolute atomic E-state index is 0.115. The zero-order valence-corrected chi connectivity index (χ0v) is 13.6. The molecule has 1 aliphatic carbocycles. The fourth-order valence-corrected chi connectivity index (χ4v) is 3.96. The third-order valence-electron chi connectivity index (χ3n) is 4.65. The molecule has 5 heteroatoms. The lowest BCUT2D eigenvalue weighted by Crippen LogP contribution is -2.24. The predicted octanol–water partition coefficient (Wildman–Crippen LogP) is 5.71. The van der Waals surface area contributed by atoms with E-state index in [1.165, 1.54) is 25.3 Å². The standard InChI is InChI=1S/C16H19Cl2FN2/c1-2-10-5-3-4-6-14(10)21-15-8-12(19)11(18)7-13(15)20-16(21)9-17/h7-8,10,14H,2-6,9H2,1H3. The Bertz CT molecular complexity index is 653. The molecule has 0 aliphatic heterocycles. The second-order valence-corrected chi connectivity index (χ2v) is 6.48. The highest BCUT2D eigenvalue weighted by atomic mass is 35.5. The van der Waals surface area contributed by atoms with Crippen molar-refractivity contribution >= 4 is 34.2 Å². The van der Waals surface area contributed by atoms with Crippen LogP contribution in [0.25, 0.3) is 11.0 Å². The molecule has 3 rings (SSSR count). The number of hydrogen-bond donors (Lipinski definition) is 0. The Hall–Kier alpha value is -0.800. The topological polar surface area (TPSA) is 17.8 Å². The number of alkyl halides is 1. The number of hydrogen-bond acceptors (Lipinski definition) is 1. The highest BCUT2D eigenvalue weighted by molar-refractivity contribution is 6.31. The summed E-state index contributed by atoms with van der Waals surface area (Å²) in [5, 5.41) is 0.115. The van der Waals surface area contributed by atoms with Crippen LogP contribution in [-0.4, -0.2) is 9.55 Å². The Kier molecular flexibility index (Phi) is 4.41. The molecule has 0 radical (unpaired) electrons. The van der Waals surface area contributed by atoms with E-state index in [0.29, 0.717) is 17.8 Å². The third kappa shape index (κ3) is 2.66. The van der Waals surface area contributed by atoms with Crippen LogP contribution in [0.1, 0.15) is 50.9 Å². The van der Waals surface area contributed by atoms with Crippen molar-refractivity contribution in [2.24, 2.45) is 5.92 Å². The van der Waals surface area contributed by atoms with Crippen molar-refractivity contribution in [2.45, 2.75) is 50.9 Å². The molecule has 0 saturated heterocycles. The van der Waals surface area contributed by atoms with Crippen molar-refractivity contribution in [3.05, 3.63) is 28.8 Å². The molecule has 1 saturated carbocycles. The number of fused-ring (bicyclic) bond motifs is 1. The monoisotopic (exact) mass is 328 g/mol. The van der Waals surface area contributed by atoms with Gasteiger partial charge in [-0.05, 0) is 24.8 Å². The maximum absolute atomic E-state index is 13.9. The Morgan fingerprint density at radius 1 is 1.33 bits per heavy atom. The summed E-state index contributed by atoms with van der Waals surface area (Å²) in [7, 11) is 0. The van der Waals surface area contributed by atoms with E-state index in [1.54, 1.807) is 6.07 Å². The number of nitrogens with zero attached hydrogens (tertiary/aromatic N) is 2. The van der Waals surface area contributed by atoms with Gasteiger partial charge in [-0.1, -0.05) is 37.8 Å². The van der Waals surface area contributed by atoms with E-state index in [0.717, 1.165) is 29.7 Å². The first-order chi connectivity index (χ1) is 10.2. The fraction of sp³-hybridized carbons (Fsp3) is 0.562. The van der Waals surface area contributed by atoms with E-state index in [1.807, 2.05) is 0 Å². The SMILES string of the molecule is CCC1CCCCC1n1c(CCl)nc2cc(Cl)c(F)cc21. The number of imidazole rings is 1. The Morgan fingerprint density at radius 2 is 2.10 bits per heavy atom. The smallest absolute Gasteiger partial charge is 0.144 e. The van der Waals surface area contributed by atoms with Gasteiger partial charge in [0, 0.05) is 12.1 Å². The highest BCUT2D eigenvalue weighted by Crippen LogP contribution is 2.39. The van der Waals surface area contributed by atoms with Crippen LogP contribution in [0.3, 0.4) is 0 Å². The quantitative estimate of drug-likeness (QED) is 0.660.